The fourth-order valence-electron chi connectivity index (χ4n) is 0.715. The lowest BCUT2D eigenvalue weighted by Gasteiger charge is -2.04. The molecule has 0 aliphatic rings. The minimum absolute atomic E-state index is 0.0766. The molecule has 0 unspecified atom stereocenters. The molecular weight excluding hydrogens is 302 g/mol. The van der Waals surface area contributed by atoms with Crippen LogP contribution < -0.4 is 11.1 Å². The molecule has 1 amide bonds. The number of primary amides is 1. The summed E-state index contributed by atoms with van der Waals surface area (Å²) in [6.45, 7) is 0.0766. The van der Waals surface area contributed by atoms with Crippen molar-refractivity contribution < 1.29 is 4.79 Å². The van der Waals surface area contributed by atoms with Crippen LogP contribution in [0.25, 0.3) is 0 Å². The predicted octanol–water partition coefficient (Wildman–Crippen LogP) is 1.50. The number of aromatic nitrogens is 1. The van der Waals surface area contributed by atoms with Gasteiger partial charge in [0.2, 0.25) is 5.91 Å². The van der Waals surface area contributed by atoms with Gasteiger partial charge in [-0.15, -0.1) is 0 Å². The van der Waals surface area contributed by atoms with Crippen LogP contribution in [0.3, 0.4) is 0 Å². The summed E-state index contributed by atoms with van der Waals surface area (Å²) in [6.07, 6.45) is 1.63. The summed E-state index contributed by atoms with van der Waals surface area (Å²) in [5, 5.41) is 2.79. The normalized spacial score (nSPS) is 9.69. The van der Waals surface area contributed by atoms with E-state index in [9.17, 15) is 4.79 Å². The van der Waals surface area contributed by atoms with Crippen molar-refractivity contribution in [2.75, 3.05) is 11.9 Å². The zero-order chi connectivity index (χ0) is 9.84. The molecule has 0 aromatic carbocycles. The molecule has 1 aromatic heterocycles. The molecule has 1 heterocycles. The van der Waals surface area contributed by atoms with E-state index < -0.39 is 5.91 Å². The van der Waals surface area contributed by atoms with E-state index in [0.717, 1.165) is 8.95 Å². The Labute approximate surface area is 92.2 Å². The Morgan fingerprint density at radius 1 is 1.62 bits per heavy atom. The number of rotatable bonds is 3. The first-order chi connectivity index (χ1) is 6.09. The highest BCUT2D eigenvalue weighted by Gasteiger charge is 2.02. The van der Waals surface area contributed by atoms with Crippen molar-refractivity contribution in [2.24, 2.45) is 5.73 Å². The van der Waals surface area contributed by atoms with Crippen molar-refractivity contribution in [2.45, 2.75) is 0 Å². The predicted molar refractivity (Wildman–Crippen MR) is 57.3 cm³/mol. The number of nitrogens with zero attached hydrogens (tertiary/aromatic N) is 1. The molecule has 4 nitrogen and oxygen atoms in total. The highest BCUT2D eigenvalue weighted by Crippen LogP contribution is 2.22. The SMILES string of the molecule is NC(=O)CNc1ncc(Br)cc1Br. The van der Waals surface area contributed by atoms with E-state index in [1.54, 1.807) is 6.20 Å². The summed E-state index contributed by atoms with van der Waals surface area (Å²) in [6, 6.07) is 1.83. The number of amides is 1. The van der Waals surface area contributed by atoms with Gasteiger partial charge in [-0.05, 0) is 37.9 Å². The van der Waals surface area contributed by atoms with Crippen LogP contribution in [0.2, 0.25) is 0 Å². The summed E-state index contributed by atoms with van der Waals surface area (Å²) < 4.78 is 1.65. The number of nitrogens with one attached hydrogen (secondary N) is 1. The third-order valence-corrected chi connectivity index (χ3v) is 2.28. The smallest absolute Gasteiger partial charge is 0.236 e. The maximum atomic E-state index is 10.5. The number of halogens is 2. The Morgan fingerprint density at radius 2 is 2.31 bits per heavy atom. The topological polar surface area (TPSA) is 68.0 Å². The van der Waals surface area contributed by atoms with E-state index in [1.165, 1.54) is 0 Å². The molecule has 0 saturated heterocycles. The van der Waals surface area contributed by atoms with Crippen molar-refractivity contribution >= 4 is 43.6 Å². The highest BCUT2D eigenvalue weighted by atomic mass is 79.9. The van der Waals surface area contributed by atoms with Crippen LogP contribution in [0.4, 0.5) is 5.82 Å². The number of hydrogen-bond acceptors (Lipinski definition) is 3. The van der Waals surface area contributed by atoms with Gasteiger partial charge in [-0.2, -0.15) is 0 Å². The molecule has 3 N–H and O–H groups in total. The zero-order valence-electron chi connectivity index (χ0n) is 6.55. The van der Waals surface area contributed by atoms with E-state index >= 15 is 0 Å². The summed E-state index contributed by atoms with van der Waals surface area (Å²) in [7, 11) is 0. The lowest BCUT2D eigenvalue weighted by Crippen LogP contribution is -2.22. The van der Waals surface area contributed by atoms with Gasteiger partial charge in [0.25, 0.3) is 0 Å². The Kier molecular flexibility index (Phi) is 3.68. The Hall–Kier alpha value is -0.620. The zero-order valence-corrected chi connectivity index (χ0v) is 9.72. The molecule has 0 spiro atoms. The molecular formula is C7H7Br2N3O. The molecule has 0 aliphatic heterocycles. The van der Waals surface area contributed by atoms with Crippen LogP contribution in [-0.4, -0.2) is 17.4 Å². The van der Waals surface area contributed by atoms with Gasteiger partial charge in [0.1, 0.15) is 5.82 Å². The van der Waals surface area contributed by atoms with Crippen molar-refractivity contribution in [3.05, 3.63) is 21.2 Å². The Bertz CT molecular complexity index is 330. The van der Waals surface area contributed by atoms with Gasteiger partial charge >= 0.3 is 0 Å². The summed E-state index contributed by atoms with van der Waals surface area (Å²) >= 11 is 6.55. The first-order valence-corrected chi connectivity index (χ1v) is 5.01. The van der Waals surface area contributed by atoms with Gasteiger partial charge in [-0.3, -0.25) is 4.79 Å². The van der Waals surface area contributed by atoms with Crippen LogP contribution in [0.15, 0.2) is 21.2 Å². The number of pyridine rings is 1. The number of carbonyl (C=O) groups is 1. The fraction of sp³-hybridized carbons (Fsp3) is 0.143. The van der Waals surface area contributed by atoms with E-state index in [-0.39, 0.29) is 6.54 Å². The standard InChI is InChI=1S/C7H7Br2N3O/c8-4-1-5(9)7(11-2-4)12-3-6(10)13/h1-2H,3H2,(H2,10,13)(H,11,12). The molecule has 1 rings (SSSR count). The number of anilines is 1. The van der Waals surface area contributed by atoms with E-state index in [4.69, 9.17) is 5.73 Å². The molecule has 0 aliphatic carbocycles. The van der Waals surface area contributed by atoms with Gasteiger partial charge < -0.3 is 11.1 Å². The van der Waals surface area contributed by atoms with Crippen molar-refractivity contribution in [3.8, 4) is 0 Å². The second kappa shape index (κ2) is 4.57. The van der Waals surface area contributed by atoms with E-state index in [2.05, 4.69) is 42.2 Å². The maximum absolute atomic E-state index is 10.5. The van der Waals surface area contributed by atoms with E-state index in [1.807, 2.05) is 6.07 Å². The van der Waals surface area contributed by atoms with Gasteiger partial charge in [0.05, 0.1) is 11.0 Å². The molecule has 0 radical (unpaired) electrons. The molecule has 0 fully saturated rings. The molecule has 13 heavy (non-hydrogen) atoms. The van der Waals surface area contributed by atoms with Crippen LogP contribution >= 0.6 is 31.9 Å². The first-order valence-electron chi connectivity index (χ1n) is 3.43. The average molecular weight is 309 g/mol. The lowest BCUT2D eigenvalue weighted by atomic mass is 10.4. The molecule has 0 saturated carbocycles. The van der Waals surface area contributed by atoms with Crippen LogP contribution in [0.5, 0.6) is 0 Å². The summed E-state index contributed by atoms with van der Waals surface area (Å²) in [5.41, 5.74) is 4.97. The molecule has 0 bridgehead atoms. The van der Waals surface area contributed by atoms with Crippen molar-refractivity contribution in [1.82, 2.24) is 4.98 Å². The van der Waals surface area contributed by atoms with Crippen LogP contribution in [0, 0.1) is 0 Å². The van der Waals surface area contributed by atoms with Gasteiger partial charge in [0, 0.05) is 10.7 Å². The minimum Gasteiger partial charge on any atom is -0.368 e. The van der Waals surface area contributed by atoms with Crippen LogP contribution in [-0.2, 0) is 4.79 Å². The minimum atomic E-state index is -0.420. The summed E-state index contributed by atoms with van der Waals surface area (Å²) in [5.74, 6) is 0.179. The molecule has 70 valence electrons. The molecule has 1 aromatic rings. The third-order valence-electron chi connectivity index (χ3n) is 1.24. The molecule has 0 atom stereocenters. The van der Waals surface area contributed by atoms with Crippen molar-refractivity contribution in [3.63, 3.8) is 0 Å². The second-order valence-electron chi connectivity index (χ2n) is 2.30. The van der Waals surface area contributed by atoms with Gasteiger partial charge in [-0.1, -0.05) is 0 Å². The first kappa shape index (κ1) is 10.5. The number of nitrogens with two attached hydrogens (primary N) is 1. The Balaban J connectivity index is 2.72. The summed E-state index contributed by atoms with van der Waals surface area (Å²) in [4.78, 5) is 14.5. The van der Waals surface area contributed by atoms with Gasteiger partial charge in [0.15, 0.2) is 0 Å². The largest absolute Gasteiger partial charge is 0.368 e. The lowest BCUT2D eigenvalue weighted by molar-refractivity contribution is -0.116. The third kappa shape index (κ3) is 3.31. The second-order valence-corrected chi connectivity index (χ2v) is 4.07. The van der Waals surface area contributed by atoms with Crippen molar-refractivity contribution in [1.29, 1.82) is 0 Å². The van der Waals surface area contributed by atoms with Gasteiger partial charge in [-0.25, -0.2) is 4.98 Å². The number of carbonyl (C=O) groups excluding carboxylic acids is 1. The fourth-order valence-corrected chi connectivity index (χ4v) is 1.84. The number of hydrogen-bond donors (Lipinski definition) is 2. The maximum Gasteiger partial charge on any atom is 0.236 e. The monoisotopic (exact) mass is 307 g/mol. The van der Waals surface area contributed by atoms with Crippen LogP contribution in [0.1, 0.15) is 0 Å². The quantitative estimate of drug-likeness (QED) is 0.889. The Morgan fingerprint density at radius 3 is 2.85 bits per heavy atom. The van der Waals surface area contributed by atoms with E-state index in [0.29, 0.717) is 5.82 Å². The highest BCUT2D eigenvalue weighted by molar-refractivity contribution is 9.11. The molecule has 6 heteroatoms. The average Bonchev–Trinajstić information content (AvgIpc) is 2.02.